The van der Waals surface area contributed by atoms with Gasteiger partial charge in [0.25, 0.3) is 11.6 Å². The number of non-ortho nitro benzene ring substituents is 1. The second-order valence-corrected chi connectivity index (χ2v) is 4.57. The third-order valence-electron chi connectivity index (χ3n) is 3.12. The van der Waals surface area contributed by atoms with E-state index in [2.05, 4.69) is 10.4 Å². The predicted octanol–water partition coefficient (Wildman–Crippen LogP) is 1.98. The van der Waals surface area contributed by atoms with Crippen LogP contribution in [0.15, 0.2) is 24.4 Å². The molecule has 1 aromatic carbocycles. The molecule has 0 bridgehead atoms. The largest absolute Gasteiger partial charge is 0.495 e. The van der Waals surface area contributed by atoms with Crippen molar-refractivity contribution in [3.8, 4) is 5.75 Å². The number of carbonyl (C=O) groups excluding carboxylic acids is 1. The molecular weight excluding hydrogens is 322 g/mol. The number of benzene rings is 1. The number of amides is 1. The Hall–Kier alpha value is -3.50. The summed E-state index contributed by atoms with van der Waals surface area (Å²) in [6.45, 7) is 2.05. The lowest BCUT2D eigenvalue weighted by Gasteiger charge is -2.08. The van der Waals surface area contributed by atoms with Crippen LogP contribution < -0.4 is 10.1 Å². The van der Waals surface area contributed by atoms with E-state index in [1.807, 2.05) is 0 Å². The molecule has 0 aliphatic rings. The van der Waals surface area contributed by atoms with E-state index in [0.717, 1.165) is 12.3 Å². The molecule has 0 radical (unpaired) electrons. The van der Waals surface area contributed by atoms with Crippen LogP contribution in [0, 0.1) is 20.2 Å². The highest BCUT2D eigenvalue weighted by atomic mass is 16.6. The summed E-state index contributed by atoms with van der Waals surface area (Å²) in [4.78, 5) is 32.8. The van der Waals surface area contributed by atoms with Crippen molar-refractivity contribution in [1.29, 1.82) is 0 Å². The summed E-state index contributed by atoms with van der Waals surface area (Å²) in [6.07, 6.45) is 1.14. The van der Waals surface area contributed by atoms with Gasteiger partial charge in [0.2, 0.25) is 5.69 Å². The van der Waals surface area contributed by atoms with Gasteiger partial charge in [0.15, 0.2) is 0 Å². The van der Waals surface area contributed by atoms with Crippen LogP contribution in [-0.4, -0.2) is 32.6 Å². The van der Waals surface area contributed by atoms with Gasteiger partial charge < -0.3 is 10.1 Å². The molecule has 1 aromatic heterocycles. The van der Waals surface area contributed by atoms with Crippen LogP contribution in [0.4, 0.5) is 17.1 Å². The van der Waals surface area contributed by atoms with Crippen LogP contribution in [0.3, 0.4) is 0 Å². The van der Waals surface area contributed by atoms with Gasteiger partial charge in [0, 0.05) is 18.7 Å². The standard InChI is InChI=1S/C13H13N5O6/c1-3-16-7-10(18(22)23)12(15-16)13(19)14-9-6-8(17(20)21)4-5-11(9)24-2/h4-7H,3H2,1-2H3,(H,14,19). The third kappa shape index (κ3) is 3.29. The van der Waals surface area contributed by atoms with Gasteiger partial charge in [-0.1, -0.05) is 0 Å². The number of aromatic nitrogens is 2. The van der Waals surface area contributed by atoms with Crippen LogP contribution >= 0.6 is 0 Å². The van der Waals surface area contributed by atoms with Crippen molar-refractivity contribution in [1.82, 2.24) is 9.78 Å². The lowest BCUT2D eigenvalue weighted by Crippen LogP contribution is -2.15. The number of ether oxygens (including phenoxy) is 1. The zero-order valence-corrected chi connectivity index (χ0v) is 12.8. The lowest BCUT2D eigenvalue weighted by atomic mass is 10.2. The zero-order chi connectivity index (χ0) is 17.9. The van der Waals surface area contributed by atoms with Gasteiger partial charge in [-0.2, -0.15) is 5.10 Å². The van der Waals surface area contributed by atoms with E-state index in [1.54, 1.807) is 6.92 Å². The molecule has 0 aliphatic heterocycles. The number of nitrogens with zero attached hydrogens (tertiary/aromatic N) is 4. The number of hydrogen-bond donors (Lipinski definition) is 1. The molecule has 2 rings (SSSR count). The van der Waals surface area contributed by atoms with Crippen LogP contribution in [0.2, 0.25) is 0 Å². The molecular formula is C13H13N5O6. The first-order valence-corrected chi connectivity index (χ1v) is 6.73. The van der Waals surface area contributed by atoms with Gasteiger partial charge in [-0.25, -0.2) is 0 Å². The molecule has 0 saturated heterocycles. The number of rotatable bonds is 6. The van der Waals surface area contributed by atoms with Crippen molar-refractivity contribution in [2.45, 2.75) is 13.5 Å². The number of nitro benzene ring substituents is 1. The van der Waals surface area contributed by atoms with E-state index in [1.165, 1.54) is 23.9 Å². The monoisotopic (exact) mass is 335 g/mol. The van der Waals surface area contributed by atoms with Crippen molar-refractivity contribution >= 4 is 23.0 Å². The maximum Gasteiger partial charge on any atom is 0.320 e. The number of methoxy groups -OCH3 is 1. The summed E-state index contributed by atoms with van der Waals surface area (Å²) in [6, 6.07) is 3.62. The number of anilines is 1. The summed E-state index contributed by atoms with van der Waals surface area (Å²) in [5.41, 5.74) is -1.11. The van der Waals surface area contributed by atoms with Crippen molar-refractivity contribution in [2.24, 2.45) is 0 Å². The zero-order valence-electron chi connectivity index (χ0n) is 12.8. The summed E-state index contributed by atoms with van der Waals surface area (Å²) in [5.74, 6) is -0.695. The van der Waals surface area contributed by atoms with Gasteiger partial charge in [-0.05, 0) is 13.0 Å². The average molecular weight is 335 g/mol. The predicted molar refractivity (Wildman–Crippen MR) is 82.2 cm³/mol. The van der Waals surface area contributed by atoms with Crippen LogP contribution in [0.25, 0.3) is 0 Å². The fourth-order valence-corrected chi connectivity index (χ4v) is 1.96. The molecule has 1 heterocycles. The Labute approximate surface area is 135 Å². The molecule has 11 nitrogen and oxygen atoms in total. The smallest absolute Gasteiger partial charge is 0.320 e. The second-order valence-electron chi connectivity index (χ2n) is 4.57. The molecule has 1 amide bonds. The highest BCUT2D eigenvalue weighted by Crippen LogP contribution is 2.30. The Kier molecular flexibility index (Phi) is 4.73. The molecule has 0 fully saturated rings. The van der Waals surface area contributed by atoms with Crippen LogP contribution in [0.1, 0.15) is 17.4 Å². The van der Waals surface area contributed by atoms with Crippen molar-refractivity contribution in [3.63, 3.8) is 0 Å². The summed E-state index contributed by atoms with van der Waals surface area (Å²) in [5, 5.41) is 28.1. The second kappa shape index (κ2) is 6.73. The van der Waals surface area contributed by atoms with Crippen molar-refractivity contribution in [3.05, 3.63) is 50.3 Å². The Morgan fingerprint density at radius 2 is 2.04 bits per heavy atom. The number of nitro groups is 2. The van der Waals surface area contributed by atoms with Crippen LogP contribution in [0.5, 0.6) is 5.75 Å². The minimum Gasteiger partial charge on any atom is -0.495 e. The molecule has 0 spiro atoms. The molecule has 0 unspecified atom stereocenters. The number of carbonyl (C=O) groups is 1. The van der Waals surface area contributed by atoms with E-state index in [4.69, 9.17) is 4.74 Å². The molecule has 0 aliphatic carbocycles. The normalized spacial score (nSPS) is 10.2. The number of hydrogen-bond acceptors (Lipinski definition) is 7. The summed E-state index contributed by atoms with van der Waals surface area (Å²) in [7, 11) is 1.32. The Morgan fingerprint density at radius 3 is 2.58 bits per heavy atom. The van der Waals surface area contributed by atoms with E-state index in [-0.39, 0.29) is 17.1 Å². The Balaban J connectivity index is 2.39. The first-order chi connectivity index (χ1) is 11.4. The summed E-state index contributed by atoms with van der Waals surface area (Å²) < 4.78 is 6.27. The van der Waals surface area contributed by atoms with Gasteiger partial charge in [0.1, 0.15) is 11.9 Å². The third-order valence-corrected chi connectivity index (χ3v) is 3.12. The number of nitrogens with one attached hydrogen (secondary N) is 1. The molecule has 1 N–H and O–H groups in total. The first kappa shape index (κ1) is 16.9. The van der Waals surface area contributed by atoms with Crippen LogP contribution in [-0.2, 0) is 6.54 Å². The average Bonchev–Trinajstić information content (AvgIpc) is 2.99. The van der Waals surface area contributed by atoms with Gasteiger partial charge in [-0.15, -0.1) is 0 Å². The van der Waals surface area contributed by atoms with Gasteiger partial charge in [0.05, 0.1) is 22.6 Å². The lowest BCUT2D eigenvalue weighted by molar-refractivity contribution is -0.385. The van der Waals surface area contributed by atoms with Gasteiger partial charge in [-0.3, -0.25) is 29.7 Å². The van der Waals surface area contributed by atoms with Crippen molar-refractivity contribution < 1.29 is 19.4 Å². The molecule has 11 heteroatoms. The minimum absolute atomic E-state index is 0.0112. The fraction of sp³-hybridized carbons (Fsp3) is 0.231. The maximum atomic E-state index is 12.3. The topological polar surface area (TPSA) is 142 Å². The first-order valence-electron chi connectivity index (χ1n) is 6.73. The Morgan fingerprint density at radius 1 is 1.33 bits per heavy atom. The van der Waals surface area contributed by atoms with E-state index < -0.39 is 27.1 Å². The van der Waals surface area contributed by atoms with E-state index >= 15 is 0 Å². The maximum absolute atomic E-state index is 12.3. The quantitative estimate of drug-likeness (QED) is 0.628. The molecule has 0 atom stereocenters. The minimum atomic E-state index is -0.868. The molecule has 0 saturated carbocycles. The fourth-order valence-electron chi connectivity index (χ4n) is 1.96. The highest BCUT2D eigenvalue weighted by molar-refractivity contribution is 6.06. The van der Waals surface area contributed by atoms with Crippen molar-refractivity contribution in [2.75, 3.05) is 12.4 Å². The number of aryl methyl sites for hydroxylation is 1. The van der Waals surface area contributed by atoms with E-state index in [0.29, 0.717) is 6.54 Å². The molecule has 24 heavy (non-hydrogen) atoms. The molecule has 2 aromatic rings. The van der Waals surface area contributed by atoms with Gasteiger partial charge >= 0.3 is 5.69 Å². The highest BCUT2D eigenvalue weighted by Gasteiger charge is 2.26. The van der Waals surface area contributed by atoms with E-state index in [9.17, 15) is 25.0 Å². The Bertz CT molecular complexity index is 815. The SMILES string of the molecule is CCn1cc([N+](=O)[O-])c(C(=O)Nc2cc([N+](=O)[O-])ccc2OC)n1. The molecule has 126 valence electrons. The summed E-state index contributed by atoms with van der Waals surface area (Å²) >= 11 is 0.